The van der Waals surface area contributed by atoms with Gasteiger partial charge in [-0.3, -0.25) is 4.79 Å². The second-order valence-electron chi connectivity index (χ2n) is 8.88. The molecule has 0 bridgehead atoms. The third-order valence-corrected chi connectivity index (χ3v) is 5.26. The summed E-state index contributed by atoms with van der Waals surface area (Å²) in [6.45, 7) is 10.2. The van der Waals surface area contributed by atoms with Gasteiger partial charge in [0.25, 0.3) is 5.91 Å². The second-order valence-corrected chi connectivity index (χ2v) is 8.88. The molecule has 6 nitrogen and oxygen atoms in total. The van der Waals surface area contributed by atoms with Crippen molar-refractivity contribution in [3.63, 3.8) is 0 Å². The molecule has 4 rings (SSSR count). The highest BCUT2D eigenvalue weighted by Gasteiger charge is 2.26. The van der Waals surface area contributed by atoms with Crippen LogP contribution in [-0.2, 0) is 0 Å². The van der Waals surface area contributed by atoms with Crippen LogP contribution in [0.1, 0.15) is 55.6 Å². The number of hydrogen-bond donors (Lipinski definition) is 2. The first-order valence-electron chi connectivity index (χ1n) is 9.94. The lowest BCUT2D eigenvalue weighted by Crippen LogP contribution is -2.38. The Bertz CT molecular complexity index is 945. The van der Waals surface area contributed by atoms with E-state index < -0.39 is 0 Å². The van der Waals surface area contributed by atoms with Gasteiger partial charge in [0.15, 0.2) is 5.76 Å². The maximum Gasteiger partial charge on any atom is 0.292 e. The Kier molecular flexibility index (Phi) is 4.98. The Morgan fingerprint density at radius 3 is 2.75 bits per heavy atom. The predicted molar refractivity (Wildman–Crippen MR) is 111 cm³/mol. The van der Waals surface area contributed by atoms with Gasteiger partial charge in [-0.05, 0) is 67.1 Å². The Morgan fingerprint density at radius 2 is 2.07 bits per heavy atom. The average molecular weight is 380 g/mol. The number of amides is 1. The molecule has 0 spiro atoms. The van der Waals surface area contributed by atoms with E-state index in [1.54, 1.807) is 12.1 Å². The zero-order valence-electron chi connectivity index (χ0n) is 16.8. The summed E-state index contributed by atoms with van der Waals surface area (Å²) >= 11 is 0. The molecule has 3 aromatic heterocycles. The summed E-state index contributed by atoms with van der Waals surface area (Å²) in [6.07, 6.45) is 5.84. The molecule has 0 atom stereocenters. The largest absolute Gasteiger partial charge is 0.459 e. The van der Waals surface area contributed by atoms with E-state index in [0.29, 0.717) is 17.2 Å². The van der Waals surface area contributed by atoms with Gasteiger partial charge in [0.05, 0.1) is 17.3 Å². The van der Waals surface area contributed by atoms with Gasteiger partial charge in [0.2, 0.25) is 0 Å². The highest BCUT2D eigenvalue weighted by atomic mass is 16.3. The smallest absolute Gasteiger partial charge is 0.292 e. The standard InChI is InChI=1S/C22H28N4O2/c1-22(2,3)14-26-10-8-15(9-11-26)16-13-23-17-6-7-19(24-20(16)17)25-21(27)18-5-4-12-28-18/h4-7,12-13,15,23H,8-11,14H2,1-3H3,(H,24,25,27). The van der Waals surface area contributed by atoms with E-state index in [4.69, 9.17) is 9.40 Å². The summed E-state index contributed by atoms with van der Waals surface area (Å²) in [5.74, 6) is 1.03. The quantitative estimate of drug-likeness (QED) is 0.692. The number of nitrogens with one attached hydrogen (secondary N) is 2. The van der Waals surface area contributed by atoms with E-state index >= 15 is 0 Å². The Morgan fingerprint density at radius 1 is 1.29 bits per heavy atom. The molecule has 3 aromatic rings. The molecular weight excluding hydrogens is 352 g/mol. The van der Waals surface area contributed by atoms with Crippen LogP contribution in [0.2, 0.25) is 0 Å². The van der Waals surface area contributed by atoms with Gasteiger partial charge >= 0.3 is 0 Å². The number of anilines is 1. The molecule has 1 aliphatic rings. The molecule has 1 amide bonds. The van der Waals surface area contributed by atoms with Crippen LogP contribution < -0.4 is 5.32 Å². The minimum absolute atomic E-state index is 0.280. The number of piperidine rings is 1. The SMILES string of the molecule is CC(C)(C)CN1CCC(c2c[nH]c3ccc(NC(=O)c4ccco4)nc23)CC1. The summed E-state index contributed by atoms with van der Waals surface area (Å²) in [6, 6.07) is 7.12. The normalized spacial score (nSPS) is 16.5. The number of fused-ring (bicyclic) bond motifs is 1. The second kappa shape index (κ2) is 7.43. The number of furan rings is 1. The molecule has 2 N–H and O–H groups in total. The fourth-order valence-electron chi connectivity index (χ4n) is 4.06. The monoisotopic (exact) mass is 380 g/mol. The minimum atomic E-state index is -0.288. The van der Waals surface area contributed by atoms with Gasteiger partial charge in [-0.25, -0.2) is 4.98 Å². The van der Waals surface area contributed by atoms with Crippen molar-refractivity contribution in [3.8, 4) is 0 Å². The molecule has 4 heterocycles. The predicted octanol–water partition coefficient (Wildman–Crippen LogP) is 4.63. The molecule has 1 fully saturated rings. The fraction of sp³-hybridized carbons (Fsp3) is 0.455. The lowest BCUT2D eigenvalue weighted by atomic mass is 9.88. The van der Waals surface area contributed by atoms with Crippen molar-refractivity contribution in [2.75, 3.05) is 25.0 Å². The first-order chi connectivity index (χ1) is 13.4. The van der Waals surface area contributed by atoms with Crippen LogP contribution in [0, 0.1) is 5.41 Å². The molecule has 1 saturated heterocycles. The topological polar surface area (TPSA) is 74.2 Å². The zero-order valence-corrected chi connectivity index (χ0v) is 16.8. The van der Waals surface area contributed by atoms with Crippen LogP contribution in [0.25, 0.3) is 11.0 Å². The van der Waals surface area contributed by atoms with Crippen LogP contribution in [0.3, 0.4) is 0 Å². The van der Waals surface area contributed by atoms with Crippen molar-refractivity contribution in [3.05, 3.63) is 48.0 Å². The Balaban J connectivity index is 1.49. The Hall–Kier alpha value is -2.60. The molecule has 0 radical (unpaired) electrons. The van der Waals surface area contributed by atoms with E-state index in [1.807, 2.05) is 12.1 Å². The van der Waals surface area contributed by atoms with Crippen molar-refractivity contribution in [1.82, 2.24) is 14.9 Å². The van der Waals surface area contributed by atoms with Gasteiger partial charge in [-0.2, -0.15) is 0 Å². The van der Waals surface area contributed by atoms with Gasteiger partial charge in [-0.1, -0.05) is 20.8 Å². The van der Waals surface area contributed by atoms with Crippen LogP contribution >= 0.6 is 0 Å². The summed E-state index contributed by atoms with van der Waals surface area (Å²) in [7, 11) is 0. The van der Waals surface area contributed by atoms with Crippen LogP contribution in [0.15, 0.2) is 41.1 Å². The number of aromatic nitrogens is 2. The van der Waals surface area contributed by atoms with Gasteiger partial charge < -0.3 is 19.6 Å². The first-order valence-corrected chi connectivity index (χ1v) is 9.94. The molecule has 28 heavy (non-hydrogen) atoms. The minimum Gasteiger partial charge on any atom is -0.459 e. The third-order valence-electron chi connectivity index (χ3n) is 5.26. The number of carbonyl (C=O) groups is 1. The molecule has 0 saturated carbocycles. The molecule has 0 aliphatic carbocycles. The van der Waals surface area contributed by atoms with Gasteiger partial charge in [0.1, 0.15) is 5.82 Å². The number of likely N-dealkylation sites (tertiary alicyclic amines) is 1. The van der Waals surface area contributed by atoms with Crippen molar-refractivity contribution in [2.45, 2.75) is 39.5 Å². The molecule has 148 valence electrons. The van der Waals surface area contributed by atoms with E-state index in [9.17, 15) is 4.79 Å². The third kappa shape index (κ3) is 4.12. The van der Waals surface area contributed by atoms with Crippen molar-refractivity contribution < 1.29 is 9.21 Å². The number of nitrogens with zero attached hydrogens (tertiary/aromatic N) is 2. The number of H-pyrrole nitrogens is 1. The number of rotatable bonds is 4. The van der Waals surface area contributed by atoms with Crippen molar-refractivity contribution in [1.29, 1.82) is 0 Å². The molecular formula is C22H28N4O2. The van der Waals surface area contributed by atoms with Crippen LogP contribution in [0.4, 0.5) is 5.82 Å². The van der Waals surface area contributed by atoms with Crippen molar-refractivity contribution in [2.24, 2.45) is 5.41 Å². The number of pyridine rings is 1. The summed E-state index contributed by atoms with van der Waals surface area (Å²) in [5, 5.41) is 2.82. The van der Waals surface area contributed by atoms with E-state index in [2.05, 4.69) is 42.2 Å². The highest BCUT2D eigenvalue weighted by Crippen LogP contribution is 2.33. The number of aromatic amines is 1. The van der Waals surface area contributed by atoms with Crippen LogP contribution in [0.5, 0.6) is 0 Å². The number of hydrogen-bond acceptors (Lipinski definition) is 4. The lowest BCUT2D eigenvalue weighted by molar-refractivity contribution is 0.0996. The number of carbonyl (C=O) groups excluding carboxylic acids is 1. The molecule has 6 heteroatoms. The van der Waals surface area contributed by atoms with Crippen molar-refractivity contribution >= 4 is 22.8 Å². The Labute approximate surface area is 165 Å². The maximum atomic E-state index is 12.2. The van der Waals surface area contributed by atoms with Crippen LogP contribution in [-0.4, -0.2) is 40.4 Å². The average Bonchev–Trinajstić information content (AvgIpc) is 3.31. The summed E-state index contributed by atoms with van der Waals surface area (Å²) in [5.41, 5.74) is 3.53. The fourth-order valence-corrected chi connectivity index (χ4v) is 4.06. The van der Waals surface area contributed by atoms with E-state index in [1.165, 1.54) is 11.8 Å². The first kappa shape index (κ1) is 18.7. The lowest BCUT2D eigenvalue weighted by Gasteiger charge is -2.35. The maximum absolute atomic E-state index is 12.2. The van der Waals surface area contributed by atoms with E-state index in [-0.39, 0.29) is 11.7 Å². The van der Waals surface area contributed by atoms with Gasteiger partial charge in [0, 0.05) is 12.7 Å². The molecule has 0 aromatic carbocycles. The summed E-state index contributed by atoms with van der Waals surface area (Å²) < 4.78 is 5.15. The van der Waals surface area contributed by atoms with E-state index in [0.717, 1.165) is 43.5 Å². The zero-order chi connectivity index (χ0) is 19.7. The molecule has 0 unspecified atom stereocenters. The summed E-state index contributed by atoms with van der Waals surface area (Å²) in [4.78, 5) is 22.8. The van der Waals surface area contributed by atoms with Gasteiger partial charge in [-0.15, -0.1) is 0 Å². The molecule has 1 aliphatic heterocycles. The highest BCUT2D eigenvalue weighted by molar-refractivity contribution is 6.02.